The van der Waals surface area contributed by atoms with Gasteiger partial charge in [-0.3, -0.25) is 0 Å². The third kappa shape index (κ3) is 1.81. The highest BCUT2D eigenvalue weighted by Crippen LogP contribution is 2.19. The predicted octanol–water partition coefficient (Wildman–Crippen LogP) is 2.06. The standard InChI is InChI=1S/C10H14N/c1-8-6-4-5-7-9(8)10(2,3)11/h4-7H,1,11H2,2-3H3. The summed E-state index contributed by atoms with van der Waals surface area (Å²) in [6, 6.07) is 7.95. The summed E-state index contributed by atoms with van der Waals surface area (Å²) in [5.41, 5.74) is 7.76. The van der Waals surface area contributed by atoms with Crippen LogP contribution >= 0.6 is 0 Å². The Hall–Kier alpha value is -0.820. The van der Waals surface area contributed by atoms with Crippen LogP contribution in [0.5, 0.6) is 0 Å². The molecule has 1 rings (SSSR count). The fourth-order valence-corrected chi connectivity index (χ4v) is 1.15. The van der Waals surface area contributed by atoms with E-state index >= 15 is 0 Å². The van der Waals surface area contributed by atoms with Gasteiger partial charge in [0.05, 0.1) is 0 Å². The Bertz CT molecular complexity index is 245. The molecule has 1 aromatic carbocycles. The molecular formula is C10H14N. The molecule has 1 aromatic rings. The molecule has 0 spiro atoms. The van der Waals surface area contributed by atoms with Crippen LogP contribution in [0.3, 0.4) is 0 Å². The molecule has 0 saturated heterocycles. The second-order valence-electron chi connectivity index (χ2n) is 3.38. The summed E-state index contributed by atoms with van der Waals surface area (Å²) >= 11 is 0. The quantitative estimate of drug-likeness (QED) is 0.648. The average Bonchev–Trinajstić information content (AvgIpc) is 1.86. The van der Waals surface area contributed by atoms with E-state index < -0.39 is 0 Å². The van der Waals surface area contributed by atoms with Crippen LogP contribution in [-0.2, 0) is 5.54 Å². The van der Waals surface area contributed by atoms with Gasteiger partial charge in [-0.2, -0.15) is 0 Å². The van der Waals surface area contributed by atoms with Gasteiger partial charge in [-0.25, -0.2) is 0 Å². The van der Waals surface area contributed by atoms with Gasteiger partial charge in [-0.1, -0.05) is 24.3 Å². The normalized spacial score (nSPS) is 11.6. The van der Waals surface area contributed by atoms with E-state index in [9.17, 15) is 0 Å². The third-order valence-corrected chi connectivity index (χ3v) is 1.71. The van der Waals surface area contributed by atoms with Crippen LogP contribution in [0.2, 0.25) is 0 Å². The molecule has 0 unspecified atom stereocenters. The maximum Gasteiger partial charge on any atom is 0.0355 e. The number of nitrogens with two attached hydrogens (primary N) is 1. The van der Waals surface area contributed by atoms with Crippen molar-refractivity contribution < 1.29 is 0 Å². The molecule has 11 heavy (non-hydrogen) atoms. The third-order valence-electron chi connectivity index (χ3n) is 1.71. The maximum atomic E-state index is 5.92. The van der Waals surface area contributed by atoms with Gasteiger partial charge in [0.2, 0.25) is 0 Å². The molecule has 0 aliphatic rings. The van der Waals surface area contributed by atoms with Crippen molar-refractivity contribution in [2.45, 2.75) is 19.4 Å². The van der Waals surface area contributed by atoms with Crippen LogP contribution in [0, 0.1) is 6.92 Å². The van der Waals surface area contributed by atoms with E-state index in [1.54, 1.807) is 0 Å². The highest BCUT2D eigenvalue weighted by Gasteiger charge is 2.14. The van der Waals surface area contributed by atoms with Crippen LogP contribution in [0.4, 0.5) is 0 Å². The van der Waals surface area contributed by atoms with Crippen molar-refractivity contribution in [3.8, 4) is 0 Å². The number of benzene rings is 1. The Morgan fingerprint density at radius 3 is 2.18 bits per heavy atom. The molecule has 2 N–H and O–H groups in total. The molecule has 59 valence electrons. The minimum absolute atomic E-state index is 0.279. The first-order chi connectivity index (χ1) is 5.02. The topological polar surface area (TPSA) is 26.0 Å². The Morgan fingerprint density at radius 1 is 1.27 bits per heavy atom. The molecule has 0 atom stereocenters. The molecule has 1 heteroatoms. The molecule has 0 heterocycles. The van der Waals surface area contributed by atoms with Gasteiger partial charge in [0, 0.05) is 5.54 Å². The lowest BCUT2D eigenvalue weighted by atomic mass is 9.92. The predicted molar refractivity (Wildman–Crippen MR) is 48.1 cm³/mol. The highest BCUT2D eigenvalue weighted by atomic mass is 14.7. The fraction of sp³-hybridized carbons (Fsp3) is 0.300. The molecule has 0 saturated carbocycles. The van der Waals surface area contributed by atoms with E-state index in [1.165, 1.54) is 0 Å². The summed E-state index contributed by atoms with van der Waals surface area (Å²) in [4.78, 5) is 0. The zero-order valence-corrected chi connectivity index (χ0v) is 7.09. The van der Waals surface area contributed by atoms with Crippen LogP contribution in [-0.4, -0.2) is 0 Å². The first kappa shape index (κ1) is 8.28. The Kier molecular flexibility index (Phi) is 2.01. The molecule has 0 aromatic heterocycles. The molecule has 0 bridgehead atoms. The van der Waals surface area contributed by atoms with Gasteiger partial charge in [0.25, 0.3) is 0 Å². The summed E-state index contributed by atoms with van der Waals surface area (Å²) in [7, 11) is 0. The van der Waals surface area contributed by atoms with Crippen molar-refractivity contribution in [3.63, 3.8) is 0 Å². The van der Waals surface area contributed by atoms with E-state index in [0.29, 0.717) is 0 Å². The van der Waals surface area contributed by atoms with Crippen molar-refractivity contribution >= 4 is 0 Å². The van der Waals surface area contributed by atoms with Crippen LogP contribution in [0.1, 0.15) is 25.0 Å². The van der Waals surface area contributed by atoms with E-state index in [-0.39, 0.29) is 5.54 Å². The average molecular weight is 148 g/mol. The number of rotatable bonds is 1. The van der Waals surface area contributed by atoms with Crippen molar-refractivity contribution in [1.82, 2.24) is 0 Å². The molecule has 1 radical (unpaired) electrons. The second kappa shape index (κ2) is 2.67. The fourth-order valence-electron chi connectivity index (χ4n) is 1.15. The first-order valence-corrected chi connectivity index (χ1v) is 3.72. The zero-order chi connectivity index (χ0) is 8.48. The molecule has 1 nitrogen and oxygen atoms in total. The van der Waals surface area contributed by atoms with Gasteiger partial charge in [0.15, 0.2) is 0 Å². The van der Waals surface area contributed by atoms with Crippen LogP contribution < -0.4 is 5.73 Å². The minimum atomic E-state index is -0.279. The monoisotopic (exact) mass is 148 g/mol. The van der Waals surface area contributed by atoms with Gasteiger partial charge in [-0.05, 0) is 31.9 Å². The van der Waals surface area contributed by atoms with Crippen molar-refractivity contribution in [1.29, 1.82) is 0 Å². The maximum absolute atomic E-state index is 5.92. The molecule has 0 aliphatic carbocycles. The molecule has 0 amide bonds. The van der Waals surface area contributed by atoms with Crippen molar-refractivity contribution in [2.24, 2.45) is 5.73 Å². The van der Waals surface area contributed by atoms with E-state index in [4.69, 9.17) is 5.73 Å². The Labute approximate surface area is 68.2 Å². The summed E-state index contributed by atoms with van der Waals surface area (Å²) in [6.07, 6.45) is 0. The smallest absolute Gasteiger partial charge is 0.0355 e. The lowest BCUT2D eigenvalue weighted by molar-refractivity contribution is 0.552. The highest BCUT2D eigenvalue weighted by molar-refractivity contribution is 5.34. The summed E-state index contributed by atoms with van der Waals surface area (Å²) in [5, 5.41) is 0. The lowest BCUT2D eigenvalue weighted by Gasteiger charge is -2.21. The largest absolute Gasteiger partial charge is 0.322 e. The summed E-state index contributed by atoms with van der Waals surface area (Å²) < 4.78 is 0. The minimum Gasteiger partial charge on any atom is -0.322 e. The first-order valence-electron chi connectivity index (χ1n) is 3.72. The van der Waals surface area contributed by atoms with Crippen molar-refractivity contribution in [3.05, 3.63) is 42.3 Å². The van der Waals surface area contributed by atoms with E-state index in [2.05, 4.69) is 6.92 Å². The van der Waals surface area contributed by atoms with Gasteiger partial charge < -0.3 is 5.73 Å². The van der Waals surface area contributed by atoms with Gasteiger partial charge in [-0.15, -0.1) is 0 Å². The molecular weight excluding hydrogens is 134 g/mol. The lowest BCUT2D eigenvalue weighted by Crippen LogP contribution is -2.29. The Morgan fingerprint density at radius 2 is 1.82 bits per heavy atom. The van der Waals surface area contributed by atoms with E-state index in [0.717, 1.165) is 11.1 Å². The Balaban J connectivity index is 3.14. The van der Waals surface area contributed by atoms with Gasteiger partial charge >= 0.3 is 0 Å². The van der Waals surface area contributed by atoms with Crippen molar-refractivity contribution in [2.75, 3.05) is 0 Å². The summed E-state index contributed by atoms with van der Waals surface area (Å²) in [5.74, 6) is 0. The zero-order valence-electron chi connectivity index (χ0n) is 7.09. The second-order valence-corrected chi connectivity index (χ2v) is 3.38. The van der Waals surface area contributed by atoms with Crippen LogP contribution in [0.25, 0.3) is 0 Å². The van der Waals surface area contributed by atoms with E-state index in [1.807, 2.05) is 38.1 Å². The number of hydrogen-bond acceptors (Lipinski definition) is 1. The number of hydrogen-bond donors (Lipinski definition) is 1. The van der Waals surface area contributed by atoms with Crippen LogP contribution in [0.15, 0.2) is 24.3 Å². The molecule has 0 aliphatic heterocycles. The molecule has 0 fully saturated rings. The SMILES string of the molecule is [CH2]c1ccccc1C(C)(C)N. The summed E-state index contributed by atoms with van der Waals surface area (Å²) in [6.45, 7) is 7.87. The van der Waals surface area contributed by atoms with Gasteiger partial charge in [0.1, 0.15) is 0 Å².